The average Bonchev–Trinajstić information content (AvgIpc) is 2.69. The van der Waals surface area contributed by atoms with E-state index in [0.717, 1.165) is 25.3 Å². The predicted octanol–water partition coefficient (Wildman–Crippen LogP) is 3.00. The Hall–Kier alpha value is -0.570. The summed E-state index contributed by atoms with van der Waals surface area (Å²) in [6.45, 7) is 5.83. The van der Waals surface area contributed by atoms with Gasteiger partial charge in [-0.25, -0.2) is 0 Å². The molecule has 3 nitrogen and oxygen atoms in total. The molecule has 1 saturated carbocycles. The van der Waals surface area contributed by atoms with E-state index in [1.807, 2.05) is 13.8 Å². The first-order valence-electron chi connectivity index (χ1n) is 6.84. The van der Waals surface area contributed by atoms with Crippen LogP contribution < -0.4 is 0 Å². The summed E-state index contributed by atoms with van der Waals surface area (Å²) in [5, 5.41) is 9.02. The first-order valence-corrected chi connectivity index (χ1v) is 6.84. The van der Waals surface area contributed by atoms with Crippen LogP contribution in [0.4, 0.5) is 0 Å². The summed E-state index contributed by atoms with van der Waals surface area (Å²) in [7, 11) is 2.16. The van der Waals surface area contributed by atoms with Crippen molar-refractivity contribution in [3.63, 3.8) is 0 Å². The Morgan fingerprint density at radius 1 is 1.35 bits per heavy atom. The van der Waals surface area contributed by atoms with Crippen molar-refractivity contribution < 1.29 is 9.90 Å². The van der Waals surface area contributed by atoms with Crippen LogP contribution in [0.15, 0.2) is 0 Å². The van der Waals surface area contributed by atoms with Crippen LogP contribution in [0.5, 0.6) is 0 Å². The number of nitrogens with zero attached hydrogens (tertiary/aromatic N) is 1. The highest BCUT2D eigenvalue weighted by Gasteiger charge is 2.26. The highest BCUT2D eigenvalue weighted by Crippen LogP contribution is 2.26. The molecule has 1 aliphatic carbocycles. The molecular weight excluding hydrogens is 214 g/mol. The fraction of sp³-hybridized carbons (Fsp3) is 0.929. The van der Waals surface area contributed by atoms with Gasteiger partial charge in [0.25, 0.3) is 0 Å². The molecule has 0 aromatic rings. The number of carboxylic acids is 1. The summed E-state index contributed by atoms with van der Waals surface area (Å²) in [6.07, 6.45) is 7.28. The zero-order valence-corrected chi connectivity index (χ0v) is 11.5. The van der Waals surface area contributed by atoms with Crippen molar-refractivity contribution >= 4 is 5.97 Å². The third-order valence-corrected chi connectivity index (χ3v) is 3.97. The molecule has 0 aliphatic heterocycles. The van der Waals surface area contributed by atoms with Crippen LogP contribution in [0.1, 0.15) is 52.4 Å². The molecule has 1 rings (SSSR count). The highest BCUT2D eigenvalue weighted by atomic mass is 16.4. The molecule has 100 valence electrons. The van der Waals surface area contributed by atoms with Gasteiger partial charge in [0.2, 0.25) is 0 Å². The number of aliphatic carboxylic acids is 1. The summed E-state index contributed by atoms with van der Waals surface area (Å²) in [5.74, 6) is 0.198. The fourth-order valence-corrected chi connectivity index (χ4v) is 2.62. The summed E-state index contributed by atoms with van der Waals surface area (Å²) >= 11 is 0. The Labute approximate surface area is 105 Å². The van der Waals surface area contributed by atoms with Crippen LogP contribution >= 0.6 is 0 Å². The van der Waals surface area contributed by atoms with Gasteiger partial charge in [0, 0.05) is 6.54 Å². The Balaban J connectivity index is 2.15. The number of carbonyl (C=O) groups is 1. The van der Waals surface area contributed by atoms with Crippen molar-refractivity contribution in [2.45, 2.75) is 52.4 Å². The lowest BCUT2D eigenvalue weighted by atomic mass is 9.88. The van der Waals surface area contributed by atoms with Gasteiger partial charge in [0.05, 0.1) is 5.41 Å². The fourth-order valence-electron chi connectivity index (χ4n) is 2.62. The standard InChI is InChI=1S/C14H27NO2/c1-14(2,13(16)17)9-6-10-15(3)11-12-7-4-5-8-12/h12H,4-11H2,1-3H3,(H,16,17). The first-order chi connectivity index (χ1) is 7.92. The molecule has 0 heterocycles. The van der Waals surface area contributed by atoms with Crippen molar-refractivity contribution in [1.82, 2.24) is 4.90 Å². The van der Waals surface area contributed by atoms with Crippen molar-refractivity contribution in [2.75, 3.05) is 20.1 Å². The van der Waals surface area contributed by atoms with E-state index in [1.54, 1.807) is 0 Å². The third-order valence-electron chi connectivity index (χ3n) is 3.97. The molecule has 0 aromatic heterocycles. The molecule has 1 fully saturated rings. The van der Waals surface area contributed by atoms with E-state index in [0.29, 0.717) is 0 Å². The average molecular weight is 241 g/mol. The third kappa shape index (κ3) is 5.07. The zero-order valence-electron chi connectivity index (χ0n) is 11.5. The van der Waals surface area contributed by atoms with E-state index in [4.69, 9.17) is 5.11 Å². The van der Waals surface area contributed by atoms with Crippen molar-refractivity contribution in [2.24, 2.45) is 11.3 Å². The van der Waals surface area contributed by atoms with Crippen LogP contribution in [0.2, 0.25) is 0 Å². The quantitative estimate of drug-likeness (QED) is 0.745. The van der Waals surface area contributed by atoms with Gasteiger partial charge in [0.15, 0.2) is 0 Å². The van der Waals surface area contributed by atoms with Gasteiger partial charge < -0.3 is 10.0 Å². The van der Waals surface area contributed by atoms with Gasteiger partial charge in [-0.3, -0.25) is 4.79 Å². The second-order valence-corrected chi connectivity index (χ2v) is 6.21. The van der Waals surface area contributed by atoms with Gasteiger partial charge in [0.1, 0.15) is 0 Å². The molecule has 0 amide bonds. The molecule has 0 bridgehead atoms. The molecule has 0 spiro atoms. The number of carboxylic acid groups (broad SMARTS) is 1. The van der Waals surface area contributed by atoms with Crippen LogP contribution in [0.25, 0.3) is 0 Å². The molecule has 1 N–H and O–H groups in total. The van der Waals surface area contributed by atoms with Gasteiger partial charge in [-0.05, 0) is 59.0 Å². The van der Waals surface area contributed by atoms with Crippen LogP contribution in [0, 0.1) is 11.3 Å². The van der Waals surface area contributed by atoms with E-state index in [-0.39, 0.29) is 0 Å². The minimum Gasteiger partial charge on any atom is -0.481 e. The maximum absolute atomic E-state index is 11.0. The van der Waals surface area contributed by atoms with Gasteiger partial charge in [-0.1, -0.05) is 12.8 Å². The number of hydrogen-bond acceptors (Lipinski definition) is 2. The smallest absolute Gasteiger partial charge is 0.309 e. The largest absolute Gasteiger partial charge is 0.481 e. The van der Waals surface area contributed by atoms with E-state index in [1.165, 1.54) is 32.2 Å². The van der Waals surface area contributed by atoms with Crippen LogP contribution in [-0.2, 0) is 4.79 Å². The minimum absolute atomic E-state index is 0.575. The summed E-state index contributed by atoms with van der Waals surface area (Å²) in [5.41, 5.74) is -0.575. The lowest BCUT2D eigenvalue weighted by Gasteiger charge is -2.23. The second-order valence-electron chi connectivity index (χ2n) is 6.21. The molecule has 3 heteroatoms. The van der Waals surface area contributed by atoms with Crippen molar-refractivity contribution in [3.05, 3.63) is 0 Å². The van der Waals surface area contributed by atoms with Crippen LogP contribution in [0.3, 0.4) is 0 Å². The van der Waals surface area contributed by atoms with E-state index in [2.05, 4.69) is 11.9 Å². The predicted molar refractivity (Wildman–Crippen MR) is 70.1 cm³/mol. The van der Waals surface area contributed by atoms with E-state index < -0.39 is 11.4 Å². The van der Waals surface area contributed by atoms with E-state index in [9.17, 15) is 4.79 Å². The van der Waals surface area contributed by atoms with Gasteiger partial charge >= 0.3 is 5.97 Å². The molecule has 1 aliphatic rings. The van der Waals surface area contributed by atoms with Gasteiger partial charge in [-0.2, -0.15) is 0 Å². The Morgan fingerprint density at radius 3 is 2.47 bits per heavy atom. The summed E-state index contributed by atoms with van der Waals surface area (Å²) in [4.78, 5) is 13.3. The number of hydrogen-bond donors (Lipinski definition) is 1. The van der Waals surface area contributed by atoms with Crippen LogP contribution in [-0.4, -0.2) is 36.1 Å². The molecule has 0 unspecified atom stereocenters. The number of rotatable bonds is 7. The lowest BCUT2D eigenvalue weighted by Crippen LogP contribution is -2.28. The Kier molecular flexibility index (Phi) is 5.44. The molecule has 0 radical (unpaired) electrons. The van der Waals surface area contributed by atoms with Gasteiger partial charge in [-0.15, -0.1) is 0 Å². The SMILES string of the molecule is CN(CCCC(C)(C)C(=O)O)CC1CCCC1. The zero-order chi connectivity index (χ0) is 12.9. The molecular formula is C14H27NO2. The normalized spacial score (nSPS) is 17.9. The topological polar surface area (TPSA) is 40.5 Å². The van der Waals surface area contributed by atoms with Crippen molar-refractivity contribution in [1.29, 1.82) is 0 Å². The van der Waals surface area contributed by atoms with Crippen molar-refractivity contribution in [3.8, 4) is 0 Å². The minimum atomic E-state index is -0.684. The molecule has 0 saturated heterocycles. The molecule has 0 aromatic carbocycles. The second kappa shape index (κ2) is 6.39. The Morgan fingerprint density at radius 2 is 1.94 bits per heavy atom. The maximum atomic E-state index is 11.0. The monoisotopic (exact) mass is 241 g/mol. The first kappa shape index (κ1) is 14.5. The highest BCUT2D eigenvalue weighted by molar-refractivity contribution is 5.73. The Bertz CT molecular complexity index is 245. The maximum Gasteiger partial charge on any atom is 0.309 e. The lowest BCUT2D eigenvalue weighted by molar-refractivity contribution is -0.147. The summed E-state index contributed by atoms with van der Waals surface area (Å²) < 4.78 is 0. The molecule has 17 heavy (non-hydrogen) atoms. The molecule has 0 atom stereocenters. The summed E-state index contributed by atoms with van der Waals surface area (Å²) in [6, 6.07) is 0. The van der Waals surface area contributed by atoms with E-state index >= 15 is 0 Å².